The molecule has 2 rings (SSSR count). The van der Waals surface area contributed by atoms with Crippen LogP contribution in [0.2, 0.25) is 0 Å². The van der Waals surface area contributed by atoms with Crippen LogP contribution in [0.4, 0.5) is 0 Å². The predicted molar refractivity (Wildman–Crippen MR) is 85.1 cm³/mol. The number of amides is 1. The van der Waals surface area contributed by atoms with E-state index in [2.05, 4.69) is 36.5 Å². The second-order valence-corrected chi connectivity index (χ2v) is 6.53. The first-order valence-corrected chi connectivity index (χ1v) is 8.29. The van der Waals surface area contributed by atoms with Crippen molar-refractivity contribution in [2.24, 2.45) is 5.92 Å². The molecule has 1 fully saturated rings. The summed E-state index contributed by atoms with van der Waals surface area (Å²) in [7, 11) is 2.00. The molecule has 1 heterocycles. The maximum Gasteiger partial charge on any atom is 0.232 e. The van der Waals surface area contributed by atoms with Gasteiger partial charge in [-0.25, -0.2) is 0 Å². The van der Waals surface area contributed by atoms with Crippen molar-refractivity contribution in [2.75, 3.05) is 32.4 Å². The summed E-state index contributed by atoms with van der Waals surface area (Å²) in [5.74, 6) is 1.56. The highest BCUT2D eigenvalue weighted by Gasteiger charge is 2.22. The average Bonchev–Trinajstić information content (AvgIpc) is 2.47. The first-order valence-electron chi connectivity index (χ1n) is 7.31. The number of hydrogen-bond donors (Lipinski definition) is 1. The van der Waals surface area contributed by atoms with Crippen molar-refractivity contribution in [1.29, 1.82) is 0 Å². The second-order valence-electron chi connectivity index (χ2n) is 5.48. The molecular weight excluding hydrogens is 268 g/mol. The SMILES string of the molecule is CNCC1CCN(C(=O)CSc2ccc(C)cc2)CC1. The quantitative estimate of drug-likeness (QED) is 0.847. The van der Waals surface area contributed by atoms with Crippen LogP contribution in [0, 0.1) is 12.8 Å². The molecule has 0 atom stereocenters. The lowest BCUT2D eigenvalue weighted by Gasteiger charge is -2.31. The molecule has 1 N–H and O–H groups in total. The van der Waals surface area contributed by atoms with Gasteiger partial charge >= 0.3 is 0 Å². The minimum atomic E-state index is 0.276. The fourth-order valence-corrected chi connectivity index (χ4v) is 3.35. The minimum Gasteiger partial charge on any atom is -0.342 e. The number of carbonyl (C=O) groups is 1. The molecule has 1 amide bonds. The summed E-state index contributed by atoms with van der Waals surface area (Å²) < 4.78 is 0. The molecule has 0 radical (unpaired) electrons. The van der Waals surface area contributed by atoms with Gasteiger partial charge in [0.25, 0.3) is 0 Å². The van der Waals surface area contributed by atoms with Gasteiger partial charge < -0.3 is 10.2 Å². The van der Waals surface area contributed by atoms with Gasteiger partial charge in [0.05, 0.1) is 5.75 Å². The van der Waals surface area contributed by atoms with E-state index in [1.807, 2.05) is 11.9 Å². The summed E-state index contributed by atoms with van der Waals surface area (Å²) in [5, 5.41) is 3.23. The van der Waals surface area contributed by atoms with Crippen LogP contribution in [0.3, 0.4) is 0 Å². The topological polar surface area (TPSA) is 32.3 Å². The summed E-state index contributed by atoms with van der Waals surface area (Å²) >= 11 is 1.64. The number of thioether (sulfide) groups is 1. The van der Waals surface area contributed by atoms with Gasteiger partial charge in [-0.3, -0.25) is 4.79 Å². The summed E-state index contributed by atoms with van der Waals surface area (Å²) in [6.45, 7) is 4.98. The summed E-state index contributed by atoms with van der Waals surface area (Å²) in [6, 6.07) is 8.37. The van der Waals surface area contributed by atoms with Gasteiger partial charge in [0.2, 0.25) is 5.91 Å². The maximum absolute atomic E-state index is 12.2. The predicted octanol–water partition coefficient (Wildman–Crippen LogP) is 2.55. The smallest absolute Gasteiger partial charge is 0.232 e. The van der Waals surface area contributed by atoms with Crippen molar-refractivity contribution in [3.63, 3.8) is 0 Å². The normalized spacial score (nSPS) is 16.4. The summed E-state index contributed by atoms with van der Waals surface area (Å²) in [5.41, 5.74) is 1.26. The molecule has 0 saturated carbocycles. The number of carbonyl (C=O) groups excluding carboxylic acids is 1. The Morgan fingerprint density at radius 2 is 1.95 bits per heavy atom. The summed E-state index contributed by atoms with van der Waals surface area (Å²) in [4.78, 5) is 15.4. The number of likely N-dealkylation sites (tertiary alicyclic amines) is 1. The van der Waals surface area contributed by atoms with Gasteiger partial charge in [0.1, 0.15) is 0 Å². The fraction of sp³-hybridized carbons (Fsp3) is 0.562. The lowest BCUT2D eigenvalue weighted by Crippen LogP contribution is -2.41. The van der Waals surface area contributed by atoms with E-state index in [0.717, 1.165) is 38.4 Å². The Kier molecular flexibility index (Phi) is 5.92. The molecular formula is C16H24N2OS. The van der Waals surface area contributed by atoms with E-state index in [1.165, 1.54) is 10.5 Å². The second kappa shape index (κ2) is 7.70. The van der Waals surface area contributed by atoms with Gasteiger partial charge in [0.15, 0.2) is 0 Å². The molecule has 4 heteroatoms. The number of benzene rings is 1. The average molecular weight is 292 g/mol. The molecule has 1 aliphatic rings. The monoisotopic (exact) mass is 292 g/mol. The van der Waals surface area contributed by atoms with Crippen molar-refractivity contribution in [3.05, 3.63) is 29.8 Å². The highest BCUT2D eigenvalue weighted by Crippen LogP contribution is 2.21. The highest BCUT2D eigenvalue weighted by atomic mass is 32.2. The Morgan fingerprint density at radius 1 is 1.30 bits per heavy atom. The number of hydrogen-bond acceptors (Lipinski definition) is 3. The van der Waals surface area contributed by atoms with Crippen molar-refractivity contribution >= 4 is 17.7 Å². The van der Waals surface area contributed by atoms with Gasteiger partial charge in [-0.05, 0) is 51.4 Å². The molecule has 20 heavy (non-hydrogen) atoms. The van der Waals surface area contributed by atoms with Crippen molar-refractivity contribution in [2.45, 2.75) is 24.7 Å². The molecule has 0 bridgehead atoms. The lowest BCUT2D eigenvalue weighted by atomic mass is 9.97. The third kappa shape index (κ3) is 4.53. The number of nitrogens with one attached hydrogen (secondary N) is 1. The molecule has 1 aromatic rings. The van der Waals surface area contributed by atoms with Crippen molar-refractivity contribution < 1.29 is 4.79 Å². The fourth-order valence-electron chi connectivity index (χ4n) is 2.55. The van der Waals surface area contributed by atoms with Crippen LogP contribution >= 0.6 is 11.8 Å². The van der Waals surface area contributed by atoms with E-state index in [-0.39, 0.29) is 5.91 Å². The number of nitrogens with zero attached hydrogens (tertiary/aromatic N) is 1. The molecule has 1 aliphatic heterocycles. The van der Waals surface area contributed by atoms with Gasteiger partial charge in [-0.2, -0.15) is 0 Å². The zero-order chi connectivity index (χ0) is 14.4. The first kappa shape index (κ1) is 15.4. The van der Waals surface area contributed by atoms with Crippen LogP contribution in [-0.2, 0) is 4.79 Å². The van der Waals surface area contributed by atoms with E-state index in [9.17, 15) is 4.79 Å². The van der Waals surface area contributed by atoms with E-state index in [4.69, 9.17) is 0 Å². The molecule has 0 aromatic heterocycles. The maximum atomic E-state index is 12.2. The van der Waals surface area contributed by atoms with Crippen LogP contribution in [0.25, 0.3) is 0 Å². The van der Waals surface area contributed by atoms with Crippen molar-refractivity contribution in [3.8, 4) is 0 Å². The number of aryl methyl sites for hydroxylation is 1. The Labute approximate surface area is 126 Å². The highest BCUT2D eigenvalue weighted by molar-refractivity contribution is 8.00. The minimum absolute atomic E-state index is 0.276. The standard InChI is InChI=1S/C16H24N2OS/c1-13-3-5-15(6-4-13)20-12-16(19)18-9-7-14(8-10-18)11-17-2/h3-6,14,17H,7-12H2,1-2H3. The third-order valence-electron chi connectivity index (χ3n) is 3.84. The van der Waals surface area contributed by atoms with Gasteiger partial charge in [0, 0.05) is 18.0 Å². The van der Waals surface area contributed by atoms with Crippen molar-refractivity contribution in [1.82, 2.24) is 10.2 Å². The Hall–Kier alpha value is -1.00. The van der Waals surface area contributed by atoms with E-state index in [1.54, 1.807) is 11.8 Å². The van der Waals surface area contributed by atoms with Crippen LogP contribution in [-0.4, -0.2) is 43.2 Å². The van der Waals surface area contributed by atoms with Crippen LogP contribution in [0.1, 0.15) is 18.4 Å². The zero-order valence-corrected chi connectivity index (χ0v) is 13.2. The molecule has 3 nitrogen and oxygen atoms in total. The third-order valence-corrected chi connectivity index (χ3v) is 4.84. The Balaban J connectivity index is 1.74. The van der Waals surface area contributed by atoms with E-state index < -0.39 is 0 Å². The van der Waals surface area contributed by atoms with Crippen LogP contribution in [0.15, 0.2) is 29.2 Å². The van der Waals surface area contributed by atoms with Gasteiger partial charge in [-0.15, -0.1) is 11.8 Å². The van der Waals surface area contributed by atoms with E-state index in [0.29, 0.717) is 5.75 Å². The lowest BCUT2D eigenvalue weighted by molar-refractivity contribution is -0.129. The van der Waals surface area contributed by atoms with Crippen LogP contribution in [0.5, 0.6) is 0 Å². The van der Waals surface area contributed by atoms with Gasteiger partial charge in [-0.1, -0.05) is 17.7 Å². The molecule has 1 aromatic carbocycles. The first-order chi connectivity index (χ1) is 9.69. The molecule has 110 valence electrons. The Morgan fingerprint density at radius 3 is 2.55 bits per heavy atom. The summed E-state index contributed by atoms with van der Waals surface area (Å²) in [6.07, 6.45) is 2.25. The Bertz CT molecular complexity index is 425. The van der Waals surface area contributed by atoms with Crippen LogP contribution < -0.4 is 5.32 Å². The zero-order valence-electron chi connectivity index (χ0n) is 12.4. The largest absolute Gasteiger partial charge is 0.342 e. The molecule has 0 spiro atoms. The number of piperidine rings is 1. The van der Waals surface area contributed by atoms with E-state index >= 15 is 0 Å². The molecule has 1 saturated heterocycles. The molecule has 0 aliphatic carbocycles. The number of rotatable bonds is 5. The molecule has 0 unspecified atom stereocenters.